The van der Waals surface area contributed by atoms with Gasteiger partial charge in [0.2, 0.25) is 0 Å². The summed E-state index contributed by atoms with van der Waals surface area (Å²) in [7, 11) is 1.87. The number of halogens is 3. The number of alkyl halides is 3. The molecule has 0 amide bonds. The van der Waals surface area contributed by atoms with Gasteiger partial charge in [-0.15, -0.1) is 0 Å². The average Bonchev–Trinajstić information content (AvgIpc) is 2.25. The van der Waals surface area contributed by atoms with Gasteiger partial charge in [0.05, 0.1) is 5.56 Å². The summed E-state index contributed by atoms with van der Waals surface area (Å²) in [6.07, 6.45) is -3.51. The smallest absolute Gasteiger partial charge is 0.316 e. The Bertz CT molecular complexity index is 341. The van der Waals surface area contributed by atoms with Crippen molar-refractivity contribution in [3.05, 3.63) is 35.4 Å². The molecule has 0 saturated heterocycles. The maximum atomic E-state index is 12.4. The first kappa shape index (κ1) is 14.0. The van der Waals surface area contributed by atoms with Crippen molar-refractivity contribution in [1.82, 2.24) is 5.32 Å². The topological polar surface area (TPSA) is 12.0 Å². The standard InChI is InChI=1S/C13H18F3N/c1-9(2)12(17-3)8-10-4-6-11(7-5-10)13(14,15)16/h4-7,9,12,17H,8H2,1-3H3. The molecule has 1 atom stereocenters. The molecule has 0 saturated carbocycles. The van der Waals surface area contributed by atoms with Crippen LogP contribution in [0.4, 0.5) is 13.2 Å². The molecular formula is C13H18F3N. The summed E-state index contributed by atoms with van der Waals surface area (Å²) in [5.41, 5.74) is 0.331. The van der Waals surface area contributed by atoms with E-state index in [1.165, 1.54) is 0 Å². The third-order valence-electron chi connectivity index (χ3n) is 2.91. The molecule has 0 bridgehead atoms. The van der Waals surface area contributed by atoms with Crippen molar-refractivity contribution in [2.24, 2.45) is 5.92 Å². The van der Waals surface area contributed by atoms with Gasteiger partial charge in [0.15, 0.2) is 0 Å². The van der Waals surface area contributed by atoms with Gasteiger partial charge in [-0.05, 0) is 37.1 Å². The monoisotopic (exact) mass is 245 g/mol. The Morgan fingerprint density at radius 1 is 1.12 bits per heavy atom. The first-order valence-corrected chi connectivity index (χ1v) is 5.68. The second kappa shape index (κ2) is 5.54. The molecule has 0 heterocycles. The highest BCUT2D eigenvalue weighted by Gasteiger charge is 2.29. The lowest BCUT2D eigenvalue weighted by molar-refractivity contribution is -0.137. The third-order valence-corrected chi connectivity index (χ3v) is 2.91. The number of nitrogens with one attached hydrogen (secondary N) is 1. The van der Waals surface area contributed by atoms with Crippen LogP contribution in [0.25, 0.3) is 0 Å². The van der Waals surface area contributed by atoms with Gasteiger partial charge in [0.25, 0.3) is 0 Å². The van der Waals surface area contributed by atoms with Gasteiger partial charge in [-0.25, -0.2) is 0 Å². The normalized spacial score (nSPS) is 14.1. The number of hydrogen-bond acceptors (Lipinski definition) is 1. The van der Waals surface area contributed by atoms with Crippen molar-refractivity contribution in [2.45, 2.75) is 32.5 Å². The van der Waals surface area contributed by atoms with E-state index < -0.39 is 11.7 Å². The lowest BCUT2D eigenvalue weighted by atomic mass is 9.96. The summed E-state index contributed by atoms with van der Waals surface area (Å²) in [6.45, 7) is 4.18. The second-order valence-corrected chi connectivity index (χ2v) is 4.54. The first-order valence-electron chi connectivity index (χ1n) is 5.68. The van der Waals surface area contributed by atoms with E-state index in [0.717, 1.165) is 24.1 Å². The van der Waals surface area contributed by atoms with E-state index in [2.05, 4.69) is 19.2 Å². The highest BCUT2D eigenvalue weighted by atomic mass is 19.4. The van der Waals surface area contributed by atoms with Crippen LogP contribution in [0.15, 0.2) is 24.3 Å². The molecule has 1 rings (SSSR count). The van der Waals surface area contributed by atoms with E-state index in [1.807, 2.05) is 7.05 Å². The second-order valence-electron chi connectivity index (χ2n) is 4.54. The summed E-state index contributed by atoms with van der Waals surface area (Å²) >= 11 is 0. The highest BCUT2D eigenvalue weighted by molar-refractivity contribution is 5.25. The van der Waals surface area contributed by atoms with E-state index in [-0.39, 0.29) is 6.04 Å². The quantitative estimate of drug-likeness (QED) is 0.856. The Balaban J connectivity index is 2.75. The number of likely N-dealkylation sites (N-methyl/N-ethyl adjacent to an activating group) is 1. The zero-order valence-corrected chi connectivity index (χ0v) is 10.3. The van der Waals surface area contributed by atoms with Gasteiger partial charge < -0.3 is 5.32 Å². The molecule has 1 N–H and O–H groups in total. The molecular weight excluding hydrogens is 227 g/mol. The van der Waals surface area contributed by atoms with Crippen LogP contribution in [-0.4, -0.2) is 13.1 Å². The van der Waals surface area contributed by atoms with E-state index in [9.17, 15) is 13.2 Å². The van der Waals surface area contributed by atoms with Crippen LogP contribution >= 0.6 is 0 Å². The Morgan fingerprint density at radius 3 is 2.00 bits per heavy atom. The zero-order chi connectivity index (χ0) is 13.1. The molecule has 0 spiro atoms. The minimum Gasteiger partial charge on any atom is -0.316 e. The van der Waals surface area contributed by atoms with E-state index in [4.69, 9.17) is 0 Å². The summed E-state index contributed by atoms with van der Waals surface area (Å²) in [5, 5.41) is 3.17. The van der Waals surface area contributed by atoms with Gasteiger partial charge in [-0.3, -0.25) is 0 Å². The SMILES string of the molecule is CNC(Cc1ccc(C(F)(F)F)cc1)C(C)C. The fourth-order valence-electron chi connectivity index (χ4n) is 1.75. The van der Waals surface area contributed by atoms with Crippen molar-refractivity contribution in [2.75, 3.05) is 7.05 Å². The molecule has 1 aromatic carbocycles. The molecule has 0 fully saturated rings. The maximum absolute atomic E-state index is 12.4. The fraction of sp³-hybridized carbons (Fsp3) is 0.538. The molecule has 0 aromatic heterocycles. The van der Waals surface area contributed by atoms with Crippen LogP contribution in [0.5, 0.6) is 0 Å². The summed E-state index contributed by atoms with van der Waals surface area (Å²) in [6, 6.07) is 5.67. The van der Waals surface area contributed by atoms with E-state index in [0.29, 0.717) is 5.92 Å². The van der Waals surface area contributed by atoms with Gasteiger partial charge in [-0.1, -0.05) is 26.0 Å². The Morgan fingerprint density at radius 2 is 1.65 bits per heavy atom. The lowest BCUT2D eigenvalue weighted by Crippen LogP contribution is -2.32. The zero-order valence-electron chi connectivity index (χ0n) is 10.3. The molecule has 1 unspecified atom stereocenters. The fourth-order valence-corrected chi connectivity index (χ4v) is 1.75. The molecule has 0 aliphatic heterocycles. The molecule has 96 valence electrons. The maximum Gasteiger partial charge on any atom is 0.416 e. The van der Waals surface area contributed by atoms with Crippen molar-refractivity contribution < 1.29 is 13.2 Å². The first-order chi connectivity index (χ1) is 7.84. The van der Waals surface area contributed by atoms with Crippen LogP contribution in [-0.2, 0) is 12.6 Å². The number of rotatable bonds is 4. The summed E-state index contributed by atoms with van der Waals surface area (Å²) < 4.78 is 37.1. The Hall–Kier alpha value is -1.03. The van der Waals surface area contributed by atoms with Crippen molar-refractivity contribution in [1.29, 1.82) is 0 Å². The number of hydrogen-bond donors (Lipinski definition) is 1. The lowest BCUT2D eigenvalue weighted by Gasteiger charge is -2.20. The predicted octanol–water partition coefficient (Wildman–Crippen LogP) is 3.49. The van der Waals surface area contributed by atoms with Gasteiger partial charge in [-0.2, -0.15) is 13.2 Å². The van der Waals surface area contributed by atoms with E-state index in [1.54, 1.807) is 12.1 Å². The van der Waals surface area contributed by atoms with Crippen LogP contribution in [0.3, 0.4) is 0 Å². The molecule has 0 aliphatic rings. The van der Waals surface area contributed by atoms with Crippen LogP contribution in [0, 0.1) is 5.92 Å². The van der Waals surface area contributed by atoms with Crippen LogP contribution in [0.1, 0.15) is 25.0 Å². The van der Waals surface area contributed by atoms with Crippen molar-refractivity contribution in [3.63, 3.8) is 0 Å². The minimum atomic E-state index is -4.25. The van der Waals surface area contributed by atoms with Crippen LogP contribution < -0.4 is 5.32 Å². The molecule has 0 aliphatic carbocycles. The summed E-state index contributed by atoms with van der Waals surface area (Å²) in [5.74, 6) is 0.447. The van der Waals surface area contributed by atoms with E-state index >= 15 is 0 Å². The average molecular weight is 245 g/mol. The molecule has 1 nitrogen and oxygen atoms in total. The highest BCUT2D eigenvalue weighted by Crippen LogP contribution is 2.29. The Kier molecular flexibility index (Phi) is 4.57. The molecule has 4 heteroatoms. The predicted molar refractivity (Wildman–Crippen MR) is 62.8 cm³/mol. The molecule has 17 heavy (non-hydrogen) atoms. The molecule has 1 aromatic rings. The molecule has 0 radical (unpaired) electrons. The van der Waals surface area contributed by atoms with Gasteiger partial charge in [0.1, 0.15) is 0 Å². The van der Waals surface area contributed by atoms with Crippen LogP contribution in [0.2, 0.25) is 0 Å². The van der Waals surface area contributed by atoms with Crippen molar-refractivity contribution >= 4 is 0 Å². The summed E-state index contributed by atoms with van der Waals surface area (Å²) in [4.78, 5) is 0. The largest absolute Gasteiger partial charge is 0.416 e. The minimum absolute atomic E-state index is 0.284. The third kappa shape index (κ3) is 4.04. The Labute approximate surface area is 100 Å². The van der Waals surface area contributed by atoms with Crippen molar-refractivity contribution in [3.8, 4) is 0 Å². The van der Waals surface area contributed by atoms with Gasteiger partial charge in [0, 0.05) is 6.04 Å². The van der Waals surface area contributed by atoms with Gasteiger partial charge >= 0.3 is 6.18 Å². The number of benzene rings is 1.